The maximum absolute atomic E-state index is 10.1. The van der Waals surface area contributed by atoms with Gasteiger partial charge >= 0.3 is 0 Å². The Morgan fingerprint density at radius 1 is 1.31 bits per heavy atom. The molecule has 0 aliphatic carbocycles. The van der Waals surface area contributed by atoms with Gasteiger partial charge in [0.15, 0.2) is 0 Å². The highest BCUT2D eigenvalue weighted by Crippen LogP contribution is 2.26. The van der Waals surface area contributed by atoms with Crippen molar-refractivity contribution < 1.29 is 5.11 Å². The molecule has 0 aliphatic heterocycles. The average molecular weight is 253 g/mol. The summed E-state index contributed by atoms with van der Waals surface area (Å²) in [5.41, 5.74) is 2.13. The molecular weight excluding hydrogens is 240 g/mol. The van der Waals surface area contributed by atoms with Gasteiger partial charge < -0.3 is 5.11 Å². The summed E-state index contributed by atoms with van der Waals surface area (Å²) in [5.74, 6) is 0. The van der Waals surface area contributed by atoms with Crippen molar-refractivity contribution in [1.29, 1.82) is 0 Å². The van der Waals surface area contributed by atoms with E-state index in [4.69, 9.17) is 11.6 Å². The SMILES string of the molecule is Cc1cccc(C(O)Cc2ccc(Cl)s2)c1. The number of hydrogen-bond donors (Lipinski definition) is 1. The van der Waals surface area contributed by atoms with Crippen LogP contribution >= 0.6 is 22.9 Å². The maximum atomic E-state index is 10.1. The fraction of sp³-hybridized carbons (Fsp3) is 0.231. The zero-order valence-corrected chi connectivity index (χ0v) is 10.6. The van der Waals surface area contributed by atoms with E-state index in [-0.39, 0.29) is 0 Å². The van der Waals surface area contributed by atoms with Crippen LogP contribution in [0.5, 0.6) is 0 Å². The van der Waals surface area contributed by atoms with E-state index in [9.17, 15) is 5.11 Å². The van der Waals surface area contributed by atoms with Gasteiger partial charge in [-0.3, -0.25) is 0 Å². The Labute approximate surface area is 104 Å². The first-order chi connectivity index (χ1) is 7.65. The number of thiophene rings is 1. The number of aliphatic hydroxyl groups excluding tert-OH is 1. The van der Waals surface area contributed by atoms with Crippen LogP contribution < -0.4 is 0 Å². The Morgan fingerprint density at radius 2 is 2.12 bits per heavy atom. The van der Waals surface area contributed by atoms with Gasteiger partial charge in [-0.05, 0) is 24.6 Å². The van der Waals surface area contributed by atoms with Crippen molar-refractivity contribution in [3.8, 4) is 0 Å². The van der Waals surface area contributed by atoms with Crippen LogP contribution in [0, 0.1) is 6.92 Å². The van der Waals surface area contributed by atoms with Crippen LogP contribution in [0.2, 0.25) is 4.34 Å². The van der Waals surface area contributed by atoms with E-state index in [1.807, 2.05) is 43.3 Å². The van der Waals surface area contributed by atoms with Gasteiger partial charge in [0.2, 0.25) is 0 Å². The predicted molar refractivity (Wildman–Crippen MR) is 69.2 cm³/mol. The second-order valence-electron chi connectivity index (χ2n) is 3.84. The highest BCUT2D eigenvalue weighted by atomic mass is 35.5. The summed E-state index contributed by atoms with van der Waals surface area (Å²) in [4.78, 5) is 1.11. The third-order valence-corrected chi connectivity index (χ3v) is 3.70. The van der Waals surface area contributed by atoms with Gasteiger partial charge in [-0.15, -0.1) is 11.3 Å². The third-order valence-electron chi connectivity index (χ3n) is 2.45. The molecule has 1 aromatic carbocycles. The Balaban J connectivity index is 2.11. The molecule has 0 fully saturated rings. The summed E-state index contributed by atoms with van der Waals surface area (Å²) < 4.78 is 0.770. The number of rotatable bonds is 3. The van der Waals surface area contributed by atoms with Crippen LogP contribution in [-0.2, 0) is 6.42 Å². The molecule has 1 N–H and O–H groups in total. The topological polar surface area (TPSA) is 20.2 Å². The molecule has 1 nitrogen and oxygen atoms in total. The molecule has 2 rings (SSSR count). The van der Waals surface area contributed by atoms with Crippen molar-refractivity contribution in [3.63, 3.8) is 0 Å². The van der Waals surface area contributed by atoms with E-state index in [0.717, 1.165) is 14.8 Å². The Morgan fingerprint density at radius 3 is 2.75 bits per heavy atom. The Hall–Kier alpha value is -0.830. The largest absolute Gasteiger partial charge is 0.388 e. The monoisotopic (exact) mass is 252 g/mol. The minimum Gasteiger partial charge on any atom is -0.388 e. The quantitative estimate of drug-likeness (QED) is 0.876. The van der Waals surface area contributed by atoms with Crippen molar-refractivity contribution in [1.82, 2.24) is 0 Å². The van der Waals surface area contributed by atoms with Crippen molar-refractivity contribution in [3.05, 3.63) is 56.7 Å². The van der Waals surface area contributed by atoms with Crippen molar-refractivity contribution >= 4 is 22.9 Å². The van der Waals surface area contributed by atoms with Gasteiger partial charge in [0, 0.05) is 11.3 Å². The third kappa shape index (κ3) is 2.85. The summed E-state index contributed by atoms with van der Waals surface area (Å²) in [5, 5.41) is 10.1. The normalized spacial score (nSPS) is 12.7. The summed E-state index contributed by atoms with van der Waals surface area (Å²) in [7, 11) is 0. The molecule has 0 aliphatic rings. The van der Waals surface area contributed by atoms with E-state index in [1.165, 1.54) is 16.9 Å². The van der Waals surface area contributed by atoms with Gasteiger partial charge in [0.25, 0.3) is 0 Å². The van der Waals surface area contributed by atoms with Crippen molar-refractivity contribution in [2.45, 2.75) is 19.4 Å². The highest BCUT2D eigenvalue weighted by molar-refractivity contribution is 7.16. The number of hydrogen-bond acceptors (Lipinski definition) is 2. The minimum absolute atomic E-state index is 0.449. The molecule has 0 saturated carbocycles. The molecule has 84 valence electrons. The first kappa shape index (κ1) is 11.6. The van der Waals surface area contributed by atoms with Crippen molar-refractivity contribution in [2.75, 3.05) is 0 Å². The molecule has 1 unspecified atom stereocenters. The number of benzene rings is 1. The number of halogens is 1. The number of aliphatic hydroxyl groups is 1. The van der Waals surface area contributed by atoms with Crippen LogP contribution in [0.4, 0.5) is 0 Å². The highest BCUT2D eigenvalue weighted by Gasteiger charge is 2.10. The van der Waals surface area contributed by atoms with Gasteiger partial charge in [0.1, 0.15) is 0 Å². The molecule has 2 aromatic rings. The van der Waals surface area contributed by atoms with Crippen LogP contribution in [-0.4, -0.2) is 5.11 Å². The smallest absolute Gasteiger partial charge is 0.0931 e. The first-order valence-corrected chi connectivity index (χ1v) is 6.33. The summed E-state index contributed by atoms with van der Waals surface area (Å²) in [6, 6.07) is 11.8. The van der Waals surface area contributed by atoms with Crippen LogP contribution in [0.3, 0.4) is 0 Å². The second kappa shape index (κ2) is 5.00. The average Bonchev–Trinajstić information content (AvgIpc) is 2.64. The maximum Gasteiger partial charge on any atom is 0.0931 e. The molecule has 1 aromatic heterocycles. The lowest BCUT2D eigenvalue weighted by molar-refractivity contribution is 0.179. The molecular formula is C13H13ClOS. The lowest BCUT2D eigenvalue weighted by atomic mass is 10.0. The van der Waals surface area contributed by atoms with Crippen LogP contribution in [0.1, 0.15) is 22.1 Å². The molecule has 0 bridgehead atoms. The predicted octanol–water partition coefficient (Wildman–Crippen LogP) is 3.99. The molecule has 0 spiro atoms. The molecule has 1 heterocycles. The molecule has 1 atom stereocenters. The van der Waals surface area contributed by atoms with E-state index in [1.54, 1.807) is 0 Å². The standard InChI is InChI=1S/C13H13ClOS/c1-9-3-2-4-10(7-9)12(15)8-11-5-6-13(14)16-11/h2-7,12,15H,8H2,1H3. The minimum atomic E-state index is -0.449. The first-order valence-electron chi connectivity index (χ1n) is 5.14. The van der Waals surface area contributed by atoms with Crippen LogP contribution in [0.25, 0.3) is 0 Å². The fourth-order valence-corrected chi connectivity index (χ4v) is 2.77. The second-order valence-corrected chi connectivity index (χ2v) is 5.64. The molecule has 0 amide bonds. The summed E-state index contributed by atoms with van der Waals surface area (Å²) in [6.07, 6.45) is 0.176. The van der Waals surface area contributed by atoms with E-state index in [2.05, 4.69) is 0 Å². The van der Waals surface area contributed by atoms with Gasteiger partial charge in [-0.25, -0.2) is 0 Å². The lowest BCUT2D eigenvalue weighted by Crippen LogP contribution is -2.00. The van der Waals surface area contributed by atoms with Crippen LogP contribution in [0.15, 0.2) is 36.4 Å². The summed E-state index contributed by atoms with van der Waals surface area (Å²) >= 11 is 7.37. The summed E-state index contributed by atoms with van der Waals surface area (Å²) in [6.45, 7) is 2.03. The Bertz CT molecular complexity index is 478. The molecule has 0 saturated heterocycles. The number of aryl methyl sites for hydroxylation is 1. The molecule has 0 radical (unpaired) electrons. The van der Waals surface area contributed by atoms with Gasteiger partial charge in [0.05, 0.1) is 10.4 Å². The fourth-order valence-electron chi connectivity index (χ4n) is 1.65. The van der Waals surface area contributed by atoms with Gasteiger partial charge in [-0.1, -0.05) is 41.4 Å². The molecule has 16 heavy (non-hydrogen) atoms. The molecule has 3 heteroatoms. The Kier molecular flexibility index (Phi) is 3.64. The van der Waals surface area contributed by atoms with E-state index >= 15 is 0 Å². The van der Waals surface area contributed by atoms with E-state index < -0.39 is 6.10 Å². The van der Waals surface area contributed by atoms with E-state index in [0.29, 0.717) is 6.42 Å². The van der Waals surface area contributed by atoms with Crippen molar-refractivity contribution in [2.24, 2.45) is 0 Å². The zero-order chi connectivity index (χ0) is 11.5. The van der Waals surface area contributed by atoms with Gasteiger partial charge in [-0.2, -0.15) is 0 Å². The lowest BCUT2D eigenvalue weighted by Gasteiger charge is -2.10. The zero-order valence-electron chi connectivity index (χ0n) is 8.98.